The third-order valence-corrected chi connectivity index (χ3v) is 6.85. The predicted octanol–water partition coefficient (Wildman–Crippen LogP) is 2.10. The Hall–Kier alpha value is -0.340. The summed E-state index contributed by atoms with van der Waals surface area (Å²) in [7, 11) is -3.52. The summed E-state index contributed by atoms with van der Waals surface area (Å²) in [4.78, 5) is 0.336. The largest absolute Gasteiger partial charge is 0.389 e. The maximum atomic E-state index is 12.6. The Morgan fingerprint density at radius 2 is 2.25 bits per heavy atom. The number of hydrogen-bond donors (Lipinski definition) is 1. The van der Waals surface area contributed by atoms with Crippen LogP contribution in [0.1, 0.15) is 12.5 Å². The molecule has 1 fully saturated rings. The molecule has 1 atom stereocenters. The minimum atomic E-state index is -3.52. The lowest BCUT2D eigenvalue weighted by molar-refractivity contribution is 0.367. The van der Waals surface area contributed by atoms with Crippen molar-refractivity contribution >= 4 is 50.6 Å². The summed E-state index contributed by atoms with van der Waals surface area (Å²) >= 11 is 12.7. The molecule has 0 saturated carbocycles. The number of thiocarbonyl (C=S) groups is 1. The van der Waals surface area contributed by atoms with Crippen LogP contribution in [-0.2, 0) is 10.0 Å². The van der Waals surface area contributed by atoms with Crippen molar-refractivity contribution in [2.45, 2.75) is 17.9 Å². The van der Waals surface area contributed by atoms with Gasteiger partial charge in [0.15, 0.2) is 0 Å². The Kier molecular flexibility index (Phi) is 4.96. The number of sulfonamides is 1. The molecule has 0 radical (unpaired) electrons. The SMILES string of the molecule is CC1CSCCN1S(=O)(=O)c1ccc(C(N)=S)c(Cl)c1. The highest BCUT2D eigenvalue weighted by atomic mass is 35.5. The standard InChI is InChI=1S/C12H15ClN2O2S3/c1-8-7-19-5-4-15(8)20(16,17)9-2-3-10(12(14)18)11(13)6-9/h2-3,6,8H,4-5,7H2,1H3,(H2,14,18). The average Bonchev–Trinajstić information content (AvgIpc) is 2.38. The van der Waals surface area contributed by atoms with Gasteiger partial charge >= 0.3 is 0 Å². The highest BCUT2D eigenvalue weighted by molar-refractivity contribution is 7.99. The van der Waals surface area contributed by atoms with Crippen LogP contribution in [-0.4, -0.2) is 41.8 Å². The van der Waals surface area contributed by atoms with Gasteiger partial charge in [-0.2, -0.15) is 16.1 Å². The van der Waals surface area contributed by atoms with E-state index in [9.17, 15) is 8.42 Å². The van der Waals surface area contributed by atoms with Gasteiger partial charge in [-0.1, -0.05) is 23.8 Å². The first-order chi connectivity index (χ1) is 9.34. The van der Waals surface area contributed by atoms with Gasteiger partial charge in [0.25, 0.3) is 0 Å². The van der Waals surface area contributed by atoms with E-state index in [1.165, 1.54) is 16.4 Å². The number of nitrogens with zero attached hydrogens (tertiary/aromatic N) is 1. The molecule has 20 heavy (non-hydrogen) atoms. The average molecular weight is 351 g/mol. The van der Waals surface area contributed by atoms with Crippen molar-refractivity contribution < 1.29 is 8.42 Å². The monoisotopic (exact) mass is 350 g/mol. The second-order valence-corrected chi connectivity index (χ2v) is 8.43. The molecule has 0 aliphatic carbocycles. The zero-order valence-electron chi connectivity index (χ0n) is 10.9. The molecule has 8 heteroatoms. The number of nitrogens with two attached hydrogens (primary N) is 1. The Morgan fingerprint density at radius 1 is 1.55 bits per heavy atom. The fraction of sp³-hybridized carbons (Fsp3) is 0.417. The second kappa shape index (κ2) is 6.19. The zero-order valence-corrected chi connectivity index (χ0v) is 14.1. The van der Waals surface area contributed by atoms with Crippen LogP contribution in [0.15, 0.2) is 23.1 Å². The van der Waals surface area contributed by atoms with Crippen LogP contribution in [0.5, 0.6) is 0 Å². The van der Waals surface area contributed by atoms with Gasteiger partial charge in [-0.05, 0) is 25.1 Å². The van der Waals surface area contributed by atoms with Crippen molar-refractivity contribution in [2.24, 2.45) is 5.73 Å². The fourth-order valence-electron chi connectivity index (χ4n) is 2.06. The molecule has 2 rings (SSSR count). The molecule has 1 aliphatic rings. The summed E-state index contributed by atoms with van der Waals surface area (Å²) in [5.41, 5.74) is 6.01. The van der Waals surface area contributed by atoms with E-state index >= 15 is 0 Å². The van der Waals surface area contributed by atoms with Gasteiger partial charge in [0.05, 0.1) is 9.92 Å². The first-order valence-electron chi connectivity index (χ1n) is 6.03. The molecule has 110 valence electrons. The van der Waals surface area contributed by atoms with Gasteiger partial charge in [-0.15, -0.1) is 0 Å². The lowest BCUT2D eigenvalue weighted by atomic mass is 10.2. The van der Waals surface area contributed by atoms with Crippen LogP contribution >= 0.6 is 35.6 Å². The van der Waals surface area contributed by atoms with Gasteiger partial charge in [-0.25, -0.2) is 8.42 Å². The Labute approximate surface area is 133 Å². The third-order valence-electron chi connectivity index (χ3n) is 3.12. The first-order valence-corrected chi connectivity index (χ1v) is 9.41. The highest BCUT2D eigenvalue weighted by Gasteiger charge is 2.31. The molecule has 1 aromatic rings. The quantitative estimate of drug-likeness (QED) is 0.846. The van der Waals surface area contributed by atoms with E-state index in [2.05, 4.69) is 0 Å². The van der Waals surface area contributed by atoms with Crippen molar-refractivity contribution in [1.82, 2.24) is 4.31 Å². The maximum Gasteiger partial charge on any atom is 0.243 e. The summed E-state index contributed by atoms with van der Waals surface area (Å²) in [5.74, 6) is 1.61. The normalized spacial score (nSPS) is 20.8. The van der Waals surface area contributed by atoms with Crippen molar-refractivity contribution in [1.29, 1.82) is 0 Å². The maximum absolute atomic E-state index is 12.6. The molecule has 2 N–H and O–H groups in total. The van der Waals surface area contributed by atoms with E-state index in [1.54, 1.807) is 17.8 Å². The van der Waals surface area contributed by atoms with Crippen molar-refractivity contribution in [2.75, 3.05) is 18.1 Å². The lowest BCUT2D eigenvalue weighted by Crippen LogP contribution is -2.44. The summed E-state index contributed by atoms with van der Waals surface area (Å²) in [5, 5.41) is 0.262. The number of rotatable bonds is 3. The molecular formula is C12H15ClN2O2S3. The molecular weight excluding hydrogens is 336 g/mol. The predicted molar refractivity (Wildman–Crippen MR) is 88.0 cm³/mol. The minimum Gasteiger partial charge on any atom is -0.389 e. The van der Waals surface area contributed by atoms with Crippen LogP contribution in [0.2, 0.25) is 5.02 Å². The first kappa shape index (κ1) is 16.0. The Bertz CT molecular complexity index is 634. The van der Waals surface area contributed by atoms with E-state index in [-0.39, 0.29) is 20.9 Å². The summed E-state index contributed by atoms with van der Waals surface area (Å²) < 4.78 is 26.8. The smallest absolute Gasteiger partial charge is 0.243 e. The molecule has 1 unspecified atom stereocenters. The van der Waals surface area contributed by atoms with Gasteiger partial charge in [0.1, 0.15) is 4.99 Å². The molecule has 4 nitrogen and oxygen atoms in total. The minimum absolute atomic E-state index is 0.0206. The van der Waals surface area contributed by atoms with Gasteiger partial charge in [0.2, 0.25) is 10.0 Å². The van der Waals surface area contributed by atoms with E-state index in [4.69, 9.17) is 29.6 Å². The molecule has 0 spiro atoms. The zero-order chi connectivity index (χ0) is 14.9. The molecule has 1 heterocycles. The van der Waals surface area contributed by atoms with Gasteiger partial charge in [0, 0.05) is 29.7 Å². The molecule has 0 amide bonds. The van der Waals surface area contributed by atoms with Crippen LogP contribution < -0.4 is 5.73 Å². The molecule has 0 aromatic heterocycles. The van der Waals surface area contributed by atoms with E-state index in [0.717, 1.165) is 11.5 Å². The number of hydrogen-bond acceptors (Lipinski definition) is 4. The molecule has 0 bridgehead atoms. The van der Waals surface area contributed by atoms with Crippen LogP contribution in [0.4, 0.5) is 0 Å². The Balaban J connectivity index is 2.39. The van der Waals surface area contributed by atoms with Crippen molar-refractivity contribution in [3.8, 4) is 0 Å². The number of thioether (sulfide) groups is 1. The van der Waals surface area contributed by atoms with Crippen LogP contribution in [0.3, 0.4) is 0 Å². The third kappa shape index (κ3) is 3.12. The molecule has 1 aliphatic heterocycles. The lowest BCUT2D eigenvalue weighted by Gasteiger charge is -2.32. The number of benzene rings is 1. The summed E-state index contributed by atoms with van der Waals surface area (Å²) in [6, 6.07) is 4.46. The fourth-order valence-corrected chi connectivity index (χ4v) is 5.52. The molecule has 1 aromatic carbocycles. The van der Waals surface area contributed by atoms with Crippen LogP contribution in [0, 0.1) is 0 Å². The number of halogens is 1. The van der Waals surface area contributed by atoms with E-state index in [0.29, 0.717) is 12.1 Å². The van der Waals surface area contributed by atoms with E-state index in [1.807, 2.05) is 6.92 Å². The van der Waals surface area contributed by atoms with Gasteiger partial charge < -0.3 is 5.73 Å². The van der Waals surface area contributed by atoms with Crippen LogP contribution in [0.25, 0.3) is 0 Å². The molecule has 1 saturated heterocycles. The van der Waals surface area contributed by atoms with Crippen molar-refractivity contribution in [3.63, 3.8) is 0 Å². The van der Waals surface area contributed by atoms with Gasteiger partial charge in [-0.3, -0.25) is 0 Å². The Morgan fingerprint density at radius 3 is 2.80 bits per heavy atom. The van der Waals surface area contributed by atoms with Crippen molar-refractivity contribution in [3.05, 3.63) is 28.8 Å². The topological polar surface area (TPSA) is 63.4 Å². The second-order valence-electron chi connectivity index (χ2n) is 4.55. The summed E-state index contributed by atoms with van der Waals surface area (Å²) in [6.45, 7) is 2.43. The highest BCUT2D eigenvalue weighted by Crippen LogP contribution is 2.27. The summed E-state index contributed by atoms with van der Waals surface area (Å²) in [6.07, 6.45) is 0. The van der Waals surface area contributed by atoms with E-state index < -0.39 is 10.0 Å².